The van der Waals surface area contributed by atoms with Crippen LogP contribution in [0.3, 0.4) is 0 Å². The quantitative estimate of drug-likeness (QED) is 0.792. The van der Waals surface area contributed by atoms with Crippen LogP contribution in [0.15, 0.2) is 34.8 Å². The van der Waals surface area contributed by atoms with Crippen molar-refractivity contribution in [3.63, 3.8) is 0 Å². The average molecular weight is 240 g/mol. The number of primary amides is 1. The van der Waals surface area contributed by atoms with Crippen LogP contribution in [0.2, 0.25) is 0 Å². The van der Waals surface area contributed by atoms with Gasteiger partial charge in [0.1, 0.15) is 0 Å². The molecule has 0 aliphatic rings. The molecule has 1 amide bonds. The van der Waals surface area contributed by atoms with Gasteiger partial charge in [0, 0.05) is 10.5 Å². The zero-order valence-corrected chi connectivity index (χ0v) is 8.84. The van der Waals surface area contributed by atoms with Crippen LogP contribution in [-0.4, -0.2) is 5.91 Å². The van der Waals surface area contributed by atoms with E-state index >= 15 is 0 Å². The second-order valence-electron chi connectivity index (χ2n) is 2.74. The molecule has 0 saturated heterocycles. The Morgan fingerprint density at radius 1 is 1.54 bits per heavy atom. The number of carbonyl (C=O) groups excluding carboxylic acids is 1. The average Bonchev–Trinajstić information content (AvgIpc) is 2.03. The van der Waals surface area contributed by atoms with Crippen LogP contribution < -0.4 is 5.73 Å². The molecule has 0 atom stereocenters. The van der Waals surface area contributed by atoms with Gasteiger partial charge in [0.2, 0.25) is 5.91 Å². The Labute approximate surface area is 85.6 Å². The summed E-state index contributed by atoms with van der Waals surface area (Å²) in [7, 11) is 0. The molecule has 0 aromatic heterocycles. The molecule has 13 heavy (non-hydrogen) atoms. The van der Waals surface area contributed by atoms with Gasteiger partial charge in [0.05, 0.1) is 0 Å². The van der Waals surface area contributed by atoms with Crippen LogP contribution in [0.4, 0.5) is 0 Å². The zero-order chi connectivity index (χ0) is 9.84. The highest BCUT2D eigenvalue weighted by Crippen LogP contribution is 2.18. The Kier molecular flexibility index (Phi) is 3.25. The van der Waals surface area contributed by atoms with Gasteiger partial charge in [0.25, 0.3) is 0 Å². The maximum Gasteiger partial charge on any atom is 0.241 e. The number of benzene rings is 1. The number of carbonyl (C=O) groups is 1. The Morgan fingerprint density at radius 2 is 2.23 bits per heavy atom. The first kappa shape index (κ1) is 9.99. The molecule has 0 bridgehead atoms. The molecular formula is C10H10BrNO. The number of halogens is 1. The fraction of sp³-hybridized carbons (Fsp3) is 0.100. The third-order valence-corrected chi connectivity index (χ3v) is 2.13. The monoisotopic (exact) mass is 239 g/mol. The summed E-state index contributed by atoms with van der Waals surface area (Å²) in [6.07, 6.45) is 1.42. The summed E-state index contributed by atoms with van der Waals surface area (Å²) in [5.41, 5.74) is 6.90. The fourth-order valence-corrected chi connectivity index (χ4v) is 1.43. The van der Waals surface area contributed by atoms with E-state index in [0.717, 1.165) is 15.6 Å². The summed E-state index contributed by atoms with van der Waals surface area (Å²) in [5, 5.41) is 0. The van der Waals surface area contributed by atoms with Crippen molar-refractivity contribution in [1.82, 2.24) is 0 Å². The lowest BCUT2D eigenvalue weighted by molar-refractivity contribution is -0.113. The van der Waals surface area contributed by atoms with E-state index in [1.54, 1.807) is 0 Å². The summed E-state index contributed by atoms with van der Waals surface area (Å²) in [4.78, 5) is 10.6. The Balaban J connectivity index is 3.02. The van der Waals surface area contributed by atoms with Gasteiger partial charge in [-0.2, -0.15) is 0 Å². The van der Waals surface area contributed by atoms with Crippen molar-refractivity contribution in [2.45, 2.75) is 6.92 Å². The zero-order valence-electron chi connectivity index (χ0n) is 7.25. The smallest absolute Gasteiger partial charge is 0.241 e. The summed E-state index contributed by atoms with van der Waals surface area (Å²) in [6, 6.07) is 7.72. The van der Waals surface area contributed by atoms with Crippen molar-refractivity contribution in [2.24, 2.45) is 5.73 Å². The maximum absolute atomic E-state index is 10.6. The van der Waals surface area contributed by atoms with Crippen LogP contribution in [0.25, 0.3) is 5.57 Å². The molecule has 1 rings (SSSR count). The van der Waals surface area contributed by atoms with Crippen molar-refractivity contribution in [2.75, 3.05) is 0 Å². The number of allylic oxidation sites excluding steroid dienone is 1. The largest absolute Gasteiger partial charge is 0.366 e. The van der Waals surface area contributed by atoms with Crippen molar-refractivity contribution >= 4 is 27.4 Å². The maximum atomic E-state index is 10.6. The van der Waals surface area contributed by atoms with Crippen molar-refractivity contribution in [3.8, 4) is 0 Å². The number of nitrogens with two attached hydrogens (primary N) is 1. The highest BCUT2D eigenvalue weighted by Gasteiger charge is 1.97. The van der Waals surface area contributed by atoms with Gasteiger partial charge in [-0.3, -0.25) is 4.79 Å². The molecule has 0 aliphatic heterocycles. The van der Waals surface area contributed by atoms with Gasteiger partial charge < -0.3 is 5.73 Å². The second-order valence-corrected chi connectivity index (χ2v) is 3.66. The number of rotatable bonds is 2. The Bertz CT molecular complexity index is 358. The highest BCUT2D eigenvalue weighted by molar-refractivity contribution is 9.10. The van der Waals surface area contributed by atoms with E-state index in [0.29, 0.717) is 0 Å². The number of hydrogen-bond acceptors (Lipinski definition) is 1. The molecule has 68 valence electrons. The molecule has 0 aliphatic carbocycles. The second kappa shape index (κ2) is 4.23. The first-order chi connectivity index (χ1) is 6.09. The molecule has 0 unspecified atom stereocenters. The summed E-state index contributed by atoms with van der Waals surface area (Å²) < 4.78 is 0.988. The molecule has 0 fully saturated rings. The van der Waals surface area contributed by atoms with E-state index in [1.807, 2.05) is 31.2 Å². The van der Waals surface area contributed by atoms with E-state index in [-0.39, 0.29) is 0 Å². The van der Waals surface area contributed by atoms with Gasteiger partial charge in [0.15, 0.2) is 0 Å². The van der Waals surface area contributed by atoms with Gasteiger partial charge >= 0.3 is 0 Å². The lowest BCUT2D eigenvalue weighted by atomic mass is 10.1. The first-order valence-corrected chi connectivity index (χ1v) is 4.62. The van der Waals surface area contributed by atoms with Gasteiger partial charge in [-0.25, -0.2) is 0 Å². The van der Waals surface area contributed by atoms with Crippen LogP contribution >= 0.6 is 15.9 Å². The van der Waals surface area contributed by atoms with E-state index < -0.39 is 5.91 Å². The molecule has 0 spiro atoms. The third-order valence-electron chi connectivity index (χ3n) is 1.64. The molecule has 2 nitrogen and oxygen atoms in total. The predicted molar refractivity (Wildman–Crippen MR) is 57.0 cm³/mol. The molecule has 1 aromatic carbocycles. The lowest BCUT2D eigenvalue weighted by Crippen LogP contribution is -2.06. The minimum atomic E-state index is -0.419. The minimum absolute atomic E-state index is 0.419. The standard InChI is InChI=1S/C10H10BrNO/c1-7(5-10(12)13)8-3-2-4-9(11)6-8/h2-6H,1H3,(H2,12,13)/b7-5+. The third kappa shape index (κ3) is 3.03. The molecular weight excluding hydrogens is 230 g/mol. The molecule has 2 N–H and O–H groups in total. The molecule has 0 radical (unpaired) electrons. The molecule has 3 heteroatoms. The van der Waals surface area contributed by atoms with Crippen LogP contribution in [0, 0.1) is 0 Å². The molecule has 0 heterocycles. The lowest BCUT2D eigenvalue weighted by Gasteiger charge is -2.00. The highest BCUT2D eigenvalue weighted by atomic mass is 79.9. The summed E-state index contributed by atoms with van der Waals surface area (Å²) in [5.74, 6) is -0.419. The predicted octanol–water partition coefficient (Wildman–Crippen LogP) is 2.34. The first-order valence-electron chi connectivity index (χ1n) is 3.83. The number of hydrogen-bond donors (Lipinski definition) is 1. The molecule has 1 aromatic rings. The summed E-state index contributed by atoms with van der Waals surface area (Å²) in [6.45, 7) is 1.85. The fourth-order valence-electron chi connectivity index (χ4n) is 1.03. The Hall–Kier alpha value is -1.09. The Morgan fingerprint density at radius 3 is 2.77 bits per heavy atom. The van der Waals surface area contributed by atoms with E-state index in [2.05, 4.69) is 15.9 Å². The van der Waals surface area contributed by atoms with Crippen molar-refractivity contribution < 1.29 is 4.79 Å². The van der Waals surface area contributed by atoms with Crippen LogP contribution in [0.5, 0.6) is 0 Å². The van der Waals surface area contributed by atoms with Gasteiger partial charge in [-0.05, 0) is 30.2 Å². The van der Waals surface area contributed by atoms with Gasteiger partial charge in [-0.15, -0.1) is 0 Å². The van der Waals surface area contributed by atoms with Gasteiger partial charge in [-0.1, -0.05) is 28.1 Å². The molecule has 0 saturated carbocycles. The SMILES string of the molecule is C/C(=C\C(N)=O)c1cccc(Br)c1. The van der Waals surface area contributed by atoms with Crippen molar-refractivity contribution in [1.29, 1.82) is 0 Å². The van der Waals surface area contributed by atoms with E-state index in [1.165, 1.54) is 6.08 Å². The van der Waals surface area contributed by atoms with E-state index in [4.69, 9.17) is 5.73 Å². The normalized spacial score (nSPS) is 11.4. The van der Waals surface area contributed by atoms with Crippen LogP contribution in [0.1, 0.15) is 12.5 Å². The van der Waals surface area contributed by atoms with Crippen molar-refractivity contribution in [3.05, 3.63) is 40.4 Å². The van der Waals surface area contributed by atoms with Crippen LogP contribution in [-0.2, 0) is 4.79 Å². The minimum Gasteiger partial charge on any atom is -0.366 e. The summed E-state index contributed by atoms with van der Waals surface area (Å²) >= 11 is 3.35. The number of amides is 1. The topological polar surface area (TPSA) is 43.1 Å². The van der Waals surface area contributed by atoms with E-state index in [9.17, 15) is 4.79 Å².